The predicted molar refractivity (Wildman–Crippen MR) is 141 cm³/mol. The van der Waals surface area contributed by atoms with Crippen LogP contribution in [0.1, 0.15) is 18.7 Å². The van der Waals surface area contributed by atoms with Crippen molar-refractivity contribution < 1.29 is 9.18 Å². The number of anilines is 1. The molecule has 0 aromatic carbocycles. The van der Waals surface area contributed by atoms with Gasteiger partial charge in [0.1, 0.15) is 16.9 Å². The van der Waals surface area contributed by atoms with E-state index in [2.05, 4.69) is 41.5 Å². The number of pyridine rings is 3. The van der Waals surface area contributed by atoms with E-state index in [1.165, 1.54) is 23.5 Å². The first-order chi connectivity index (χ1) is 17.9. The Balaban J connectivity index is 1.45. The van der Waals surface area contributed by atoms with Gasteiger partial charge in [-0.15, -0.1) is 11.3 Å². The maximum atomic E-state index is 16.0. The molecular weight excluding hydrogens is 491 g/mol. The summed E-state index contributed by atoms with van der Waals surface area (Å²) in [5.74, 6) is -0.512. The Labute approximate surface area is 214 Å². The van der Waals surface area contributed by atoms with Crippen LogP contribution < -0.4 is 5.32 Å². The molecule has 0 fully saturated rings. The van der Waals surface area contributed by atoms with Crippen molar-refractivity contribution in [3.8, 4) is 33.2 Å². The summed E-state index contributed by atoms with van der Waals surface area (Å²) < 4.78 is 16.0. The third-order valence-corrected chi connectivity index (χ3v) is 7.01. The number of rotatable bonds is 5. The second kappa shape index (κ2) is 8.86. The molecule has 9 nitrogen and oxygen atoms in total. The van der Waals surface area contributed by atoms with Gasteiger partial charge in [-0.25, -0.2) is 9.37 Å². The van der Waals surface area contributed by atoms with Gasteiger partial charge in [0.2, 0.25) is 5.91 Å². The fourth-order valence-electron chi connectivity index (χ4n) is 4.08. The van der Waals surface area contributed by atoms with Crippen LogP contribution in [0.25, 0.3) is 55.2 Å². The normalized spacial score (nSPS) is 11.6. The van der Waals surface area contributed by atoms with Gasteiger partial charge in [-0.2, -0.15) is 5.10 Å². The zero-order valence-electron chi connectivity index (χ0n) is 20.1. The van der Waals surface area contributed by atoms with Gasteiger partial charge in [0.15, 0.2) is 11.6 Å². The molecule has 0 atom stereocenters. The monoisotopic (exact) mass is 512 g/mol. The van der Waals surface area contributed by atoms with E-state index in [9.17, 15) is 4.79 Å². The van der Waals surface area contributed by atoms with E-state index < -0.39 is 5.82 Å². The van der Waals surface area contributed by atoms with Gasteiger partial charge >= 0.3 is 0 Å². The lowest BCUT2D eigenvalue weighted by Gasteiger charge is -2.09. The first-order valence-electron chi connectivity index (χ1n) is 11.6. The van der Waals surface area contributed by atoms with E-state index in [-0.39, 0.29) is 22.9 Å². The van der Waals surface area contributed by atoms with Crippen LogP contribution in [0.3, 0.4) is 0 Å². The minimum atomic E-state index is -0.567. The number of carbonyl (C=O) groups excluding carboxylic acids is 1. The van der Waals surface area contributed by atoms with Crippen LogP contribution in [0, 0.1) is 18.7 Å². The number of H-pyrrole nitrogens is 2. The van der Waals surface area contributed by atoms with Crippen molar-refractivity contribution in [1.29, 1.82) is 0 Å². The van der Waals surface area contributed by atoms with Crippen LogP contribution in [-0.2, 0) is 4.79 Å². The Hall–Kier alpha value is -4.51. The molecule has 6 heterocycles. The topological polar surface area (TPSA) is 125 Å². The van der Waals surface area contributed by atoms with E-state index in [1.807, 2.05) is 13.0 Å². The molecular formula is C26H21FN8OS. The van der Waals surface area contributed by atoms with Gasteiger partial charge in [0.05, 0.1) is 40.7 Å². The quantitative estimate of drug-likeness (QED) is 0.271. The van der Waals surface area contributed by atoms with Crippen LogP contribution in [0.5, 0.6) is 0 Å². The molecule has 6 rings (SSSR count). The van der Waals surface area contributed by atoms with Crippen LogP contribution in [0.4, 0.5) is 10.1 Å². The summed E-state index contributed by atoms with van der Waals surface area (Å²) in [6, 6.07) is 5.74. The SMILES string of the molecule is Cc1ccc(-c2cncc3[nH]c(-c4n[nH]c5cnc(-c6cncc(NC(=O)C(C)C)c6)c(F)c45)nc23)s1. The second-order valence-corrected chi connectivity index (χ2v) is 10.3. The van der Waals surface area contributed by atoms with Crippen molar-refractivity contribution in [2.75, 3.05) is 5.32 Å². The van der Waals surface area contributed by atoms with Crippen LogP contribution in [0.15, 0.2) is 49.2 Å². The Morgan fingerprint density at radius 1 is 1.05 bits per heavy atom. The van der Waals surface area contributed by atoms with Crippen LogP contribution in [-0.4, -0.2) is 41.0 Å². The van der Waals surface area contributed by atoms with Gasteiger partial charge in [0, 0.05) is 39.2 Å². The summed E-state index contributed by atoms with van der Waals surface area (Å²) in [4.78, 5) is 35.2. The standard InChI is InChI=1S/C26H21FN8OS/c1-12(2)26(36)31-15-6-14(7-28-8-15)22-21(27)20-17(11-30-22)34-35-24(20)25-32-18-10-29-9-16(23(18)33-25)19-5-4-13(3)37-19/h4-12H,1-3H3,(H,31,36)(H,32,33)(H,34,35). The highest BCUT2D eigenvalue weighted by Gasteiger charge is 2.22. The number of nitrogens with zero attached hydrogens (tertiary/aromatic N) is 5. The van der Waals surface area contributed by atoms with Gasteiger partial charge in [0.25, 0.3) is 0 Å². The Morgan fingerprint density at radius 2 is 1.89 bits per heavy atom. The molecule has 184 valence electrons. The van der Waals surface area contributed by atoms with Crippen molar-refractivity contribution >= 4 is 44.9 Å². The summed E-state index contributed by atoms with van der Waals surface area (Å²) in [7, 11) is 0. The zero-order chi connectivity index (χ0) is 25.7. The largest absolute Gasteiger partial charge is 0.335 e. The third kappa shape index (κ3) is 4.02. The number of amides is 1. The Morgan fingerprint density at radius 3 is 2.68 bits per heavy atom. The number of hydrogen-bond donors (Lipinski definition) is 3. The van der Waals surface area contributed by atoms with E-state index in [0.29, 0.717) is 28.3 Å². The third-order valence-electron chi connectivity index (χ3n) is 5.97. The number of thiophene rings is 1. The molecule has 6 aromatic heterocycles. The van der Waals surface area contributed by atoms with E-state index in [1.54, 1.807) is 43.6 Å². The number of aromatic amines is 2. The molecule has 6 aromatic rings. The van der Waals surface area contributed by atoms with E-state index >= 15 is 4.39 Å². The summed E-state index contributed by atoms with van der Waals surface area (Å²) in [5.41, 5.74) is 4.10. The molecule has 0 aliphatic carbocycles. The molecule has 1 amide bonds. The van der Waals surface area contributed by atoms with Gasteiger partial charge in [-0.3, -0.25) is 24.8 Å². The smallest absolute Gasteiger partial charge is 0.226 e. The molecule has 0 spiro atoms. The molecule has 0 saturated carbocycles. The molecule has 11 heteroatoms. The molecule has 0 radical (unpaired) electrons. The number of carbonyl (C=O) groups is 1. The Bertz CT molecular complexity index is 1800. The fourth-order valence-corrected chi connectivity index (χ4v) is 4.96. The first kappa shape index (κ1) is 22.9. The molecule has 3 N–H and O–H groups in total. The minimum Gasteiger partial charge on any atom is -0.335 e. The number of aromatic nitrogens is 7. The highest BCUT2D eigenvalue weighted by atomic mass is 32.1. The first-order valence-corrected chi connectivity index (χ1v) is 12.4. The minimum absolute atomic E-state index is 0.0934. The van der Waals surface area contributed by atoms with Crippen molar-refractivity contribution in [2.24, 2.45) is 5.92 Å². The van der Waals surface area contributed by atoms with Crippen molar-refractivity contribution in [1.82, 2.24) is 35.1 Å². The zero-order valence-corrected chi connectivity index (χ0v) is 20.9. The molecule has 0 bridgehead atoms. The van der Waals surface area contributed by atoms with Gasteiger partial charge in [-0.1, -0.05) is 13.8 Å². The summed E-state index contributed by atoms with van der Waals surface area (Å²) in [6.45, 7) is 5.63. The van der Waals surface area contributed by atoms with Gasteiger partial charge in [-0.05, 0) is 25.1 Å². The molecule has 0 aliphatic rings. The molecule has 37 heavy (non-hydrogen) atoms. The molecule has 0 unspecified atom stereocenters. The van der Waals surface area contributed by atoms with E-state index in [0.717, 1.165) is 21.5 Å². The summed E-state index contributed by atoms with van der Waals surface area (Å²) in [5, 5.41) is 10.2. The van der Waals surface area contributed by atoms with Crippen molar-refractivity contribution in [3.63, 3.8) is 0 Å². The van der Waals surface area contributed by atoms with Crippen molar-refractivity contribution in [2.45, 2.75) is 20.8 Å². The average molecular weight is 513 g/mol. The van der Waals surface area contributed by atoms with Crippen LogP contribution in [0.2, 0.25) is 0 Å². The Kier molecular flexibility index (Phi) is 5.49. The number of aryl methyl sites for hydroxylation is 1. The van der Waals surface area contributed by atoms with Crippen LogP contribution >= 0.6 is 11.3 Å². The lowest BCUT2D eigenvalue weighted by molar-refractivity contribution is -0.118. The average Bonchev–Trinajstić information content (AvgIpc) is 3.62. The number of fused-ring (bicyclic) bond motifs is 2. The number of halogens is 1. The maximum absolute atomic E-state index is 16.0. The lowest BCUT2D eigenvalue weighted by atomic mass is 10.1. The summed E-state index contributed by atoms with van der Waals surface area (Å²) >= 11 is 1.66. The summed E-state index contributed by atoms with van der Waals surface area (Å²) in [6.07, 6.45) is 8.01. The number of imidazole rings is 1. The van der Waals surface area contributed by atoms with Gasteiger partial charge < -0.3 is 10.3 Å². The second-order valence-electron chi connectivity index (χ2n) is 8.97. The maximum Gasteiger partial charge on any atom is 0.226 e. The lowest BCUT2D eigenvalue weighted by Crippen LogP contribution is -2.17. The highest BCUT2D eigenvalue weighted by Crippen LogP contribution is 2.36. The molecule has 0 aliphatic heterocycles. The predicted octanol–water partition coefficient (Wildman–Crippen LogP) is 5.73. The molecule has 0 saturated heterocycles. The number of nitrogens with one attached hydrogen (secondary N) is 3. The fraction of sp³-hybridized carbons (Fsp3) is 0.154. The van der Waals surface area contributed by atoms with E-state index in [4.69, 9.17) is 4.98 Å². The highest BCUT2D eigenvalue weighted by molar-refractivity contribution is 7.15. The number of hydrogen-bond acceptors (Lipinski definition) is 7. The van der Waals surface area contributed by atoms with Crippen molar-refractivity contribution in [3.05, 3.63) is 59.9 Å².